The number of hydrogen-bond acceptors (Lipinski definition) is 9. The quantitative estimate of drug-likeness (QED) is 0.219. The summed E-state index contributed by atoms with van der Waals surface area (Å²) in [6.07, 6.45) is -10.1. The molecule has 2 aromatic carbocycles. The molecule has 11 nitrogen and oxygen atoms in total. The van der Waals surface area contributed by atoms with Crippen LogP contribution < -0.4 is 9.61 Å². The van der Waals surface area contributed by atoms with Crippen LogP contribution in [-0.2, 0) is 32.9 Å². The summed E-state index contributed by atoms with van der Waals surface area (Å²) >= 11 is 0. The molecular formula is C27H30F3N2O9P. The summed E-state index contributed by atoms with van der Waals surface area (Å²) in [6, 6.07) is 10.3. The van der Waals surface area contributed by atoms with Gasteiger partial charge in [-0.1, -0.05) is 30.3 Å². The van der Waals surface area contributed by atoms with Gasteiger partial charge in [-0.05, 0) is 49.8 Å². The van der Waals surface area contributed by atoms with Gasteiger partial charge in [0.15, 0.2) is 23.8 Å². The maximum Gasteiger partial charge on any atom is 0.459 e. The van der Waals surface area contributed by atoms with E-state index in [0.29, 0.717) is 10.3 Å². The molecule has 4 rings (SSSR count). The van der Waals surface area contributed by atoms with Crippen molar-refractivity contribution >= 4 is 36.2 Å². The lowest BCUT2D eigenvalue weighted by molar-refractivity contribution is -0.199. The molecule has 2 aromatic rings. The van der Waals surface area contributed by atoms with Gasteiger partial charge in [-0.3, -0.25) is 23.8 Å². The lowest BCUT2D eigenvalue weighted by Crippen LogP contribution is -2.52. The number of aliphatic hydroxyl groups is 1. The van der Waals surface area contributed by atoms with Crippen molar-refractivity contribution in [3.63, 3.8) is 0 Å². The van der Waals surface area contributed by atoms with Gasteiger partial charge in [0.2, 0.25) is 5.91 Å². The third-order valence-corrected chi connectivity index (χ3v) is 8.18. The fraction of sp³-hybridized carbons (Fsp3) is 0.444. The predicted molar refractivity (Wildman–Crippen MR) is 142 cm³/mol. The zero-order chi connectivity index (χ0) is 30.8. The van der Waals surface area contributed by atoms with E-state index in [4.69, 9.17) is 18.5 Å². The summed E-state index contributed by atoms with van der Waals surface area (Å²) in [5.74, 6) is -2.40. The molecule has 0 bridgehead atoms. The van der Waals surface area contributed by atoms with E-state index in [1.54, 1.807) is 38.1 Å². The number of carbonyl (C=O) groups excluding carboxylic acids is 3. The molecule has 228 valence electrons. The minimum absolute atomic E-state index is 0.0251. The molecule has 2 heterocycles. The number of ether oxygens (including phenoxy) is 2. The number of aliphatic hydroxyl groups excluding tert-OH is 1. The number of rotatable bonds is 11. The first-order valence-corrected chi connectivity index (χ1v) is 14.5. The summed E-state index contributed by atoms with van der Waals surface area (Å²) in [4.78, 5) is 36.8. The Morgan fingerprint density at radius 3 is 2.52 bits per heavy atom. The van der Waals surface area contributed by atoms with Crippen molar-refractivity contribution in [2.75, 3.05) is 6.61 Å². The second-order valence-corrected chi connectivity index (χ2v) is 11.8. The minimum Gasteiger partial charge on any atom is -0.462 e. The second-order valence-electron chi connectivity index (χ2n) is 10.1. The number of benzene rings is 2. The van der Waals surface area contributed by atoms with Crippen LogP contribution in [0.5, 0.6) is 5.75 Å². The Morgan fingerprint density at radius 1 is 1.19 bits per heavy atom. The van der Waals surface area contributed by atoms with Crippen molar-refractivity contribution in [2.24, 2.45) is 0 Å². The van der Waals surface area contributed by atoms with Crippen LogP contribution in [0.1, 0.15) is 27.2 Å². The Kier molecular flexibility index (Phi) is 9.43. The standard InChI is InChI=1S/C27H30F3N2O9P/c1-15(2)39-25(36)16(3)31-42(37,41-20-9-8-17-6-4-5-7-18(17)12-20)38-14-27(26(29)30)23(35)22(28)24(40-27)32-11-10-19(33)13-21(32)34/h4-12,15-16,22-24,26,35H,13-14H2,1-3H3,(H,31,37)/t16-,22+,23-,24+,27+,42?/m0/s1. The third kappa shape index (κ3) is 6.68. The maximum atomic E-state index is 15.2. The highest BCUT2D eigenvalue weighted by Gasteiger charge is 2.63. The van der Waals surface area contributed by atoms with E-state index >= 15 is 4.39 Å². The van der Waals surface area contributed by atoms with Crippen molar-refractivity contribution in [1.29, 1.82) is 0 Å². The molecule has 1 saturated heterocycles. The van der Waals surface area contributed by atoms with Gasteiger partial charge >= 0.3 is 13.7 Å². The topological polar surface area (TPSA) is 141 Å². The SMILES string of the molecule is CC(C)OC(=O)[C@H](C)NP(=O)(OC[C@@]1(C(F)F)O[C@@H](N2C=CC(=O)CC2=O)[C@H](F)[C@@H]1O)Oc1ccc2ccccc2c1. The molecule has 1 fully saturated rings. The van der Waals surface area contributed by atoms with Crippen molar-refractivity contribution in [2.45, 2.75) is 69.9 Å². The van der Waals surface area contributed by atoms with E-state index in [2.05, 4.69) is 5.09 Å². The fourth-order valence-corrected chi connectivity index (χ4v) is 5.92. The molecule has 0 aromatic heterocycles. The van der Waals surface area contributed by atoms with Crippen LogP contribution in [0.4, 0.5) is 13.2 Å². The molecule has 2 N–H and O–H groups in total. The number of amides is 1. The van der Waals surface area contributed by atoms with Crippen LogP contribution in [-0.4, -0.2) is 76.9 Å². The number of ketones is 1. The fourth-order valence-electron chi connectivity index (χ4n) is 4.39. The van der Waals surface area contributed by atoms with Gasteiger partial charge in [0.05, 0.1) is 19.1 Å². The van der Waals surface area contributed by atoms with Gasteiger partial charge in [-0.15, -0.1) is 0 Å². The van der Waals surface area contributed by atoms with Crippen molar-refractivity contribution in [3.8, 4) is 5.75 Å². The van der Waals surface area contributed by atoms with Gasteiger partial charge in [0, 0.05) is 6.20 Å². The number of carbonyl (C=O) groups is 3. The van der Waals surface area contributed by atoms with Gasteiger partial charge in [0.1, 0.15) is 17.9 Å². The van der Waals surface area contributed by atoms with Gasteiger partial charge in [-0.2, -0.15) is 5.09 Å². The molecule has 15 heteroatoms. The van der Waals surface area contributed by atoms with Crippen LogP contribution in [0.2, 0.25) is 0 Å². The first-order valence-electron chi connectivity index (χ1n) is 13.0. The molecule has 2 aliphatic heterocycles. The van der Waals surface area contributed by atoms with E-state index in [0.717, 1.165) is 17.7 Å². The number of allylic oxidation sites excluding steroid dienone is 1. The molecule has 42 heavy (non-hydrogen) atoms. The van der Waals surface area contributed by atoms with Crippen molar-refractivity contribution in [1.82, 2.24) is 9.99 Å². The maximum absolute atomic E-state index is 15.2. The highest BCUT2D eigenvalue weighted by Crippen LogP contribution is 2.49. The van der Waals surface area contributed by atoms with E-state index in [1.807, 2.05) is 6.07 Å². The molecule has 0 aliphatic carbocycles. The number of alkyl halides is 3. The molecule has 0 saturated carbocycles. The minimum atomic E-state index is -4.76. The lowest BCUT2D eigenvalue weighted by atomic mass is 9.97. The van der Waals surface area contributed by atoms with Crippen molar-refractivity contribution < 1.29 is 55.7 Å². The summed E-state index contributed by atoms with van der Waals surface area (Å²) in [5.41, 5.74) is -3.12. The van der Waals surface area contributed by atoms with E-state index in [1.165, 1.54) is 19.1 Å². The van der Waals surface area contributed by atoms with Gasteiger partial charge < -0.3 is 19.1 Å². The number of hydrogen-bond donors (Lipinski definition) is 2. The first kappa shape index (κ1) is 31.6. The van der Waals surface area contributed by atoms with E-state index in [-0.39, 0.29) is 5.75 Å². The first-order chi connectivity index (χ1) is 19.7. The molecule has 1 amide bonds. The Balaban J connectivity index is 1.62. The summed E-state index contributed by atoms with van der Waals surface area (Å²) < 4.78 is 79.4. The zero-order valence-electron chi connectivity index (χ0n) is 22.8. The summed E-state index contributed by atoms with van der Waals surface area (Å²) in [6.45, 7) is 3.05. The molecular weight excluding hydrogens is 584 g/mol. The van der Waals surface area contributed by atoms with Crippen LogP contribution in [0, 0.1) is 0 Å². The normalized spacial score (nSPS) is 26.6. The third-order valence-electron chi connectivity index (χ3n) is 6.56. The Morgan fingerprint density at radius 2 is 1.88 bits per heavy atom. The van der Waals surface area contributed by atoms with E-state index < -0.39 is 81.1 Å². The predicted octanol–water partition coefficient (Wildman–Crippen LogP) is 3.65. The molecule has 6 atom stereocenters. The number of esters is 1. The number of halogens is 3. The smallest absolute Gasteiger partial charge is 0.459 e. The average Bonchev–Trinajstić information content (AvgIpc) is 3.17. The van der Waals surface area contributed by atoms with Gasteiger partial charge in [-0.25, -0.2) is 17.7 Å². The highest BCUT2D eigenvalue weighted by molar-refractivity contribution is 7.52. The average molecular weight is 615 g/mol. The molecule has 0 spiro atoms. The number of nitrogens with zero attached hydrogens (tertiary/aromatic N) is 1. The Hall–Kier alpha value is -3.29. The summed E-state index contributed by atoms with van der Waals surface area (Å²) in [7, 11) is -4.76. The highest BCUT2D eigenvalue weighted by atomic mass is 31.2. The van der Waals surface area contributed by atoms with Crippen molar-refractivity contribution in [3.05, 3.63) is 54.7 Å². The largest absolute Gasteiger partial charge is 0.462 e. The Labute approximate surface area is 239 Å². The molecule has 1 unspecified atom stereocenters. The Bertz CT molecular complexity index is 1420. The van der Waals surface area contributed by atoms with Crippen LogP contribution in [0.25, 0.3) is 10.8 Å². The van der Waals surface area contributed by atoms with Crippen LogP contribution in [0.15, 0.2) is 54.7 Å². The van der Waals surface area contributed by atoms with Crippen LogP contribution >= 0.6 is 7.75 Å². The summed E-state index contributed by atoms with van der Waals surface area (Å²) in [5, 5.41) is 14.4. The lowest BCUT2D eigenvalue weighted by Gasteiger charge is -2.33. The zero-order valence-corrected chi connectivity index (χ0v) is 23.7. The van der Waals surface area contributed by atoms with E-state index in [9.17, 15) is 32.8 Å². The monoisotopic (exact) mass is 614 g/mol. The second kappa shape index (κ2) is 12.5. The van der Waals surface area contributed by atoms with Gasteiger partial charge in [0.25, 0.3) is 6.43 Å². The number of fused-ring (bicyclic) bond motifs is 1. The molecule has 2 aliphatic rings. The molecule has 0 radical (unpaired) electrons. The van der Waals surface area contributed by atoms with Crippen LogP contribution in [0.3, 0.4) is 0 Å². The number of nitrogens with one attached hydrogen (secondary N) is 1.